The molecule has 1 fully saturated rings. The Morgan fingerprint density at radius 2 is 2.17 bits per heavy atom. The van der Waals surface area contributed by atoms with E-state index in [2.05, 4.69) is 10.3 Å². The van der Waals surface area contributed by atoms with Gasteiger partial charge in [0.25, 0.3) is 5.56 Å². The van der Waals surface area contributed by atoms with Crippen molar-refractivity contribution in [1.82, 2.24) is 14.9 Å². The Balaban J connectivity index is 2.28. The highest BCUT2D eigenvalue weighted by molar-refractivity contribution is 5.76. The van der Waals surface area contributed by atoms with Crippen LogP contribution in [0.5, 0.6) is 5.88 Å². The second-order valence-electron chi connectivity index (χ2n) is 4.34. The third-order valence-electron chi connectivity index (χ3n) is 2.86. The van der Waals surface area contributed by atoms with Gasteiger partial charge in [-0.05, 0) is 19.3 Å². The number of H-pyrrole nitrogens is 1. The standard InChI is InChI=1S/C11H15N3O4/c1-2-7-9(16)13-11(18)14(10(7)17)5-8(15)12-6-3-4-6/h6,17H,2-5H2,1H3,(H,12,15)(H,13,16,18). The molecule has 1 aliphatic carbocycles. The predicted molar refractivity (Wildman–Crippen MR) is 63.5 cm³/mol. The van der Waals surface area contributed by atoms with E-state index < -0.39 is 17.1 Å². The summed E-state index contributed by atoms with van der Waals surface area (Å²) in [6, 6.07) is 0.184. The Labute approximate surface area is 102 Å². The summed E-state index contributed by atoms with van der Waals surface area (Å²) in [7, 11) is 0. The maximum atomic E-state index is 11.6. The predicted octanol–water partition coefficient (Wildman–Crippen LogP) is -0.917. The third-order valence-corrected chi connectivity index (χ3v) is 2.86. The maximum Gasteiger partial charge on any atom is 0.331 e. The zero-order valence-corrected chi connectivity index (χ0v) is 10.0. The third kappa shape index (κ3) is 2.44. The minimum Gasteiger partial charge on any atom is -0.494 e. The molecule has 0 saturated heterocycles. The topological polar surface area (TPSA) is 104 Å². The Bertz CT molecular complexity index is 583. The molecule has 98 valence electrons. The SMILES string of the molecule is CCc1c(O)n(CC(=O)NC2CC2)c(=O)[nH]c1=O. The minimum absolute atomic E-state index is 0.105. The number of carbonyl (C=O) groups excluding carboxylic acids is 1. The number of hydrogen-bond donors (Lipinski definition) is 3. The first-order chi connectivity index (χ1) is 8.52. The van der Waals surface area contributed by atoms with E-state index in [1.54, 1.807) is 6.92 Å². The molecule has 3 N–H and O–H groups in total. The van der Waals surface area contributed by atoms with E-state index >= 15 is 0 Å². The van der Waals surface area contributed by atoms with Gasteiger partial charge in [0.1, 0.15) is 6.54 Å². The molecule has 18 heavy (non-hydrogen) atoms. The smallest absolute Gasteiger partial charge is 0.331 e. The number of hydrogen-bond acceptors (Lipinski definition) is 4. The summed E-state index contributed by atoms with van der Waals surface area (Å²) in [5.74, 6) is -0.777. The number of aromatic amines is 1. The normalized spacial score (nSPS) is 14.5. The zero-order chi connectivity index (χ0) is 13.3. The Kier molecular flexibility index (Phi) is 3.22. The van der Waals surface area contributed by atoms with Gasteiger partial charge in [0.2, 0.25) is 11.8 Å². The average molecular weight is 253 g/mol. The van der Waals surface area contributed by atoms with E-state index in [0.717, 1.165) is 17.4 Å². The number of nitrogens with zero attached hydrogens (tertiary/aromatic N) is 1. The lowest BCUT2D eigenvalue weighted by Crippen LogP contribution is -2.37. The number of rotatable bonds is 4. The Morgan fingerprint density at radius 3 is 2.72 bits per heavy atom. The maximum absolute atomic E-state index is 11.6. The minimum atomic E-state index is -0.777. The first kappa shape index (κ1) is 12.4. The van der Waals surface area contributed by atoms with Crippen LogP contribution < -0.4 is 16.6 Å². The molecule has 1 aromatic rings. The van der Waals surface area contributed by atoms with Crippen molar-refractivity contribution in [2.45, 2.75) is 38.8 Å². The van der Waals surface area contributed by atoms with Crippen LogP contribution in [0.1, 0.15) is 25.3 Å². The molecule has 0 aromatic carbocycles. The summed E-state index contributed by atoms with van der Waals surface area (Å²) in [4.78, 5) is 36.6. The van der Waals surface area contributed by atoms with Crippen molar-refractivity contribution < 1.29 is 9.90 Å². The fraction of sp³-hybridized carbons (Fsp3) is 0.545. The van der Waals surface area contributed by atoms with Crippen molar-refractivity contribution in [1.29, 1.82) is 0 Å². The number of nitrogens with one attached hydrogen (secondary N) is 2. The molecule has 1 aromatic heterocycles. The first-order valence-electron chi connectivity index (χ1n) is 5.87. The molecule has 0 atom stereocenters. The molecule has 0 aliphatic heterocycles. The van der Waals surface area contributed by atoms with Crippen molar-refractivity contribution in [3.8, 4) is 5.88 Å². The van der Waals surface area contributed by atoms with Crippen molar-refractivity contribution in [3.63, 3.8) is 0 Å². The molecule has 0 radical (unpaired) electrons. The van der Waals surface area contributed by atoms with Gasteiger partial charge in [0.15, 0.2) is 0 Å². The highest BCUT2D eigenvalue weighted by Crippen LogP contribution is 2.18. The molecule has 0 spiro atoms. The lowest BCUT2D eigenvalue weighted by molar-refractivity contribution is -0.122. The molecule has 1 aliphatic rings. The number of carbonyl (C=O) groups is 1. The molecule has 1 amide bonds. The highest BCUT2D eigenvalue weighted by atomic mass is 16.3. The number of aromatic nitrogens is 2. The summed E-state index contributed by atoms with van der Waals surface area (Å²) in [5, 5.41) is 12.5. The number of amides is 1. The van der Waals surface area contributed by atoms with Crippen LogP contribution in [0.3, 0.4) is 0 Å². The summed E-state index contributed by atoms with van der Waals surface area (Å²) in [6.07, 6.45) is 2.17. The van der Waals surface area contributed by atoms with E-state index in [1.165, 1.54) is 0 Å². The zero-order valence-electron chi connectivity index (χ0n) is 10.0. The van der Waals surface area contributed by atoms with E-state index in [4.69, 9.17) is 0 Å². The van der Waals surface area contributed by atoms with Gasteiger partial charge in [-0.2, -0.15) is 0 Å². The quantitative estimate of drug-likeness (QED) is 0.645. The lowest BCUT2D eigenvalue weighted by atomic mass is 10.2. The summed E-state index contributed by atoms with van der Waals surface area (Å²) in [6.45, 7) is 1.40. The van der Waals surface area contributed by atoms with E-state index in [0.29, 0.717) is 0 Å². The van der Waals surface area contributed by atoms with Crippen molar-refractivity contribution in [3.05, 3.63) is 26.4 Å². The van der Waals surface area contributed by atoms with E-state index in [1.807, 2.05) is 0 Å². The highest BCUT2D eigenvalue weighted by Gasteiger charge is 2.24. The fourth-order valence-corrected chi connectivity index (χ4v) is 1.71. The van der Waals surface area contributed by atoms with Gasteiger partial charge in [-0.1, -0.05) is 6.92 Å². The molecule has 7 nitrogen and oxygen atoms in total. The monoisotopic (exact) mass is 253 g/mol. The fourth-order valence-electron chi connectivity index (χ4n) is 1.71. The van der Waals surface area contributed by atoms with Crippen LogP contribution >= 0.6 is 0 Å². The van der Waals surface area contributed by atoms with Crippen molar-refractivity contribution in [2.75, 3.05) is 0 Å². The molecule has 0 bridgehead atoms. The van der Waals surface area contributed by atoms with Crippen LogP contribution in [0.2, 0.25) is 0 Å². The first-order valence-corrected chi connectivity index (χ1v) is 5.87. The van der Waals surface area contributed by atoms with Crippen LogP contribution in [-0.2, 0) is 17.8 Å². The molecule has 2 rings (SSSR count). The van der Waals surface area contributed by atoms with E-state index in [-0.39, 0.29) is 30.5 Å². The summed E-state index contributed by atoms with van der Waals surface area (Å²) >= 11 is 0. The van der Waals surface area contributed by atoms with Crippen LogP contribution in [0.15, 0.2) is 9.59 Å². The Morgan fingerprint density at radius 1 is 1.50 bits per heavy atom. The van der Waals surface area contributed by atoms with Gasteiger partial charge in [0.05, 0.1) is 5.56 Å². The Hall–Kier alpha value is -2.05. The van der Waals surface area contributed by atoms with Crippen molar-refractivity contribution in [2.24, 2.45) is 0 Å². The lowest BCUT2D eigenvalue weighted by Gasteiger charge is -2.10. The molecular formula is C11H15N3O4. The van der Waals surface area contributed by atoms with Gasteiger partial charge in [-0.15, -0.1) is 0 Å². The largest absolute Gasteiger partial charge is 0.494 e. The van der Waals surface area contributed by atoms with Crippen LogP contribution in [0.25, 0.3) is 0 Å². The summed E-state index contributed by atoms with van der Waals surface area (Å²) in [5.41, 5.74) is -1.28. The molecular weight excluding hydrogens is 238 g/mol. The molecule has 7 heteroatoms. The second kappa shape index (κ2) is 4.67. The second-order valence-corrected chi connectivity index (χ2v) is 4.34. The number of aromatic hydroxyl groups is 1. The molecule has 1 heterocycles. The van der Waals surface area contributed by atoms with Crippen LogP contribution in [0, 0.1) is 0 Å². The van der Waals surface area contributed by atoms with Gasteiger partial charge >= 0.3 is 5.69 Å². The van der Waals surface area contributed by atoms with Crippen molar-refractivity contribution >= 4 is 5.91 Å². The molecule has 1 saturated carbocycles. The van der Waals surface area contributed by atoms with Gasteiger partial charge in [-0.25, -0.2) is 4.79 Å². The van der Waals surface area contributed by atoms with Gasteiger partial charge in [0, 0.05) is 6.04 Å². The average Bonchev–Trinajstić information content (AvgIpc) is 3.08. The van der Waals surface area contributed by atoms with Gasteiger partial charge < -0.3 is 10.4 Å². The van der Waals surface area contributed by atoms with Crippen LogP contribution in [-0.4, -0.2) is 26.6 Å². The van der Waals surface area contributed by atoms with Crippen LogP contribution in [0.4, 0.5) is 0 Å². The van der Waals surface area contributed by atoms with E-state index in [9.17, 15) is 19.5 Å². The molecule has 0 unspecified atom stereocenters. The summed E-state index contributed by atoms with van der Waals surface area (Å²) < 4.78 is 0.873. The van der Waals surface area contributed by atoms with Gasteiger partial charge in [-0.3, -0.25) is 19.1 Å².